The fourth-order valence-electron chi connectivity index (χ4n) is 7.43. The minimum atomic E-state index is -1.56. The predicted octanol–water partition coefficient (Wildman–Crippen LogP) is 5.53. The Hall–Kier alpha value is -3.24. The first kappa shape index (κ1) is 35.1. The molecule has 9 nitrogen and oxygen atoms in total. The highest BCUT2D eigenvalue weighted by molar-refractivity contribution is 5.87. The minimum absolute atomic E-state index is 0.00704. The highest BCUT2D eigenvalue weighted by Gasteiger charge is 2.47. The molecule has 0 radical (unpaired) electrons. The third-order valence-corrected chi connectivity index (χ3v) is 10.3. The first-order chi connectivity index (χ1) is 22.9. The number of H-pyrrole nitrogens is 1. The highest BCUT2D eigenvalue weighted by atomic mass is 16.5. The van der Waals surface area contributed by atoms with E-state index in [1.165, 1.54) is 31.4 Å². The van der Waals surface area contributed by atoms with E-state index in [4.69, 9.17) is 4.74 Å². The van der Waals surface area contributed by atoms with Crippen LogP contribution in [0.3, 0.4) is 0 Å². The number of likely N-dealkylation sites (tertiary alicyclic amines) is 1. The van der Waals surface area contributed by atoms with E-state index in [9.17, 15) is 24.9 Å². The van der Waals surface area contributed by atoms with Gasteiger partial charge >= 0.3 is 5.97 Å². The third-order valence-electron chi connectivity index (χ3n) is 10.3. The number of aromatic nitrogens is 1. The Morgan fingerprint density at radius 2 is 1.66 bits per heavy atom. The maximum Gasteiger partial charge on any atom is 0.343 e. The quantitative estimate of drug-likeness (QED) is 0.101. The average molecular weight is 648 g/mol. The van der Waals surface area contributed by atoms with Crippen LogP contribution in [0, 0.1) is 11.8 Å². The summed E-state index contributed by atoms with van der Waals surface area (Å²) in [6.07, 6.45) is 12.0. The summed E-state index contributed by atoms with van der Waals surface area (Å²) in [5.74, 6) is -0.240. The molecule has 5 rings (SSSR count). The van der Waals surface area contributed by atoms with Crippen molar-refractivity contribution < 1.29 is 24.9 Å². The number of piperidine rings is 1. The van der Waals surface area contributed by atoms with Gasteiger partial charge < -0.3 is 35.3 Å². The van der Waals surface area contributed by atoms with Crippen molar-refractivity contribution in [3.63, 3.8) is 0 Å². The Bertz CT molecular complexity index is 1470. The topological polar surface area (TPSA) is 135 Å². The molecule has 2 heterocycles. The Kier molecular flexibility index (Phi) is 12.9. The number of unbranched alkanes of at least 4 members (excludes halogenated alkanes) is 4. The molecule has 1 aromatic heterocycles. The second kappa shape index (κ2) is 17.2. The number of pyridine rings is 1. The molecule has 47 heavy (non-hydrogen) atoms. The number of carbonyl (C=O) groups is 1. The van der Waals surface area contributed by atoms with Gasteiger partial charge in [0.05, 0.1) is 18.2 Å². The average Bonchev–Trinajstić information content (AvgIpc) is 3.11. The summed E-state index contributed by atoms with van der Waals surface area (Å²) in [4.78, 5) is 30.2. The number of fused-ring (bicyclic) bond motifs is 1. The zero-order valence-electron chi connectivity index (χ0n) is 27.7. The Morgan fingerprint density at radius 3 is 2.43 bits per heavy atom. The van der Waals surface area contributed by atoms with E-state index in [-0.39, 0.29) is 17.2 Å². The molecule has 9 heteroatoms. The summed E-state index contributed by atoms with van der Waals surface area (Å²) >= 11 is 0. The number of nitrogens with one attached hydrogen (secondary N) is 2. The van der Waals surface area contributed by atoms with Gasteiger partial charge in [0.15, 0.2) is 5.60 Å². The van der Waals surface area contributed by atoms with E-state index in [1.54, 1.807) is 12.1 Å². The summed E-state index contributed by atoms with van der Waals surface area (Å²) in [6, 6.07) is 15.6. The third kappa shape index (κ3) is 9.22. The SMILES string of the molecule is O=C(OCC1CCN(CCCCCCCNC[C@H](O)c2ccc(O)c3[nH]c(=O)ccc23)CC1)C(O)(c1ccccc1)C1CCCCC1. The lowest BCUT2D eigenvalue weighted by Gasteiger charge is -2.37. The summed E-state index contributed by atoms with van der Waals surface area (Å²) in [5.41, 5.74) is -0.173. The molecule has 256 valence electrons. The maximum atomic E-state index is 13.4. The van der Waals surface area contributed by atoms with E-state index in [0.29, 0.717) is 41.1 Å². The molecule has 0 spiro atoms. The van der Waals surface area contributed by atoms with Gasteiger partial charge in [-0.1, -0.05) is 74.9 Å². The van der Waals surface area contributed by atoms with Crippen molar-refractivity contribution in [3.8, 4) is 5.75 Å². The number of hydrogen-bond acceptors (Lipinski definition) is 8. The van der Waals surface area contributed by atoms with Gasteiger partial charge in [-0.05, 0) is 93.9 Å². The standard InChI is InChI=1S/C38H53N3O6/c42-33-18-16-31(32-17-19-35(44)40-36(32)33)34(43)26-39-22-10-2-1-3-11-23-41-24-20-28(21-25-41)27-47-37(45)38(46,29-12-6-4-7-13-29)30-14-8-5-9-15-30/h4,6-7,12-13,16-19,28,30,34,39,42-43,46H,1-3,5,8-11,14-15,20-27H2,(H,40,44)/t34-,38?/m0/s1. The fourth-order valence-corrected chi connectivity index (χ4v) is 7.43. The molecule has 2 fully saturated rings. The molecule has 1 saturated heterocycles. The van der Waals surface area contributed by atoms with Crippen LogP contribution in [0.2, 0.25) is 0 Å². The molecule has 0 bridgehead atoms. The van der Waals surface area contributed by atoms with Gasteiger partial charge in [-0.25, -0.2) is 4.79 Å². The Balaban J connectivity index is 0.926. The monoisotopic (exact) mass is 647 g/mol. The molecule has 3 aromatic rings. The number of ether oxygens (including phenoxy) is 1. The molecular weight excluding hydrogens is 594 g/mol. The molecule has 1 aliphatic carbocycles. The normalized spacial score (nSPS) is 18.6. The highest BCUT2D eigenvalue weighted by Crippen LogP contribution is 2.40. The van der Waals surface area contributed by atoms with Gasteiger partial charge in [-0.15, -0.1) is 0 Å². The molecule has 1 saturated carbocycles. The number of esters is 1. The smallest absolute Gasteiger partial charge is 0.343 e. The van der Waals surface area contributed by atoms with Gasteiger partial charge in [0.1, 0.15) is 5.75 Å². The van der Waals surface area contributed by atoms with Gasteiger partial charge in [0, 0.05) is 23.9 Å². The summed E-state index contributed by atoms with van der Waals surface area (Å²) in [7, 11) is 0. The molecular formula is C38H53N3O6. The first-order valence-corrected chi connectivity index (χ1v) is 17.8. The molecule has 2 aromatic carbocycles. The zero-order valence-corrected chi connectivity index (χ0v) is 27.7. The fraction of sp³-hybridized carbons (Fsp3) is 0.579. The number of rotatable bonds is 16. The van der Waals surface area contributed by atoms with E-state index < -0.39 is 17.7 Å². The van der Waals surface area contributed by atoms with E-state index in [2.05, 4.69) is 15.2 Å². The minimum Gasteiger partial charge on any atom is -0.506 e. The predicted molar refractivity (Wildman–Crippen MR) is 184 cm³/mol. The number of carbonyl (C=O) groups excluding carboxylic acids is 1. The first-order valence-electron chi connectivity index (χ1n) is 17.8. The van der Waals surface area contributed by atoms with Gasteiger partial charge in [-0.2, -0.15) is 0 Å². The van der Waals surface area contributed by atoms with Crippen LogP contribution in [0.15, 0.2) is 59.4 Å². The Labute approximate surface area is 278 Å². The number of nitrogens with zero attached hydrogens (tertiary/aromatic N) is 1. The van der Waals surface area contributed by atoms with Crippen LogP contribution in [0.25, 0.3) is 10.9 Å². The van der Waals surface area contributed by atoms with Crippen molar-refractivity contribution in [1.82, 2.24) is 15.2 Å². The van der Waals surface area contributed by atoms with Crippen LogP contribution in [0.5, 0.6) is 5.75 Å². The van der Waals surface area contributed by atoms with Crippen molar-refractivity contribution in [3.05, 3.63) is 76.1 Å². The van der Waals surface area contributed by atoms with Gasteiger partial charge in [-0.3, -0.25) is 4.79 Å². The van der Waals surface area contributed by atoms with Crippen LogP contribution in [0.1, 0.15) is 94.3 Å². The number of aliphatic hydroxyl groups is 2. The van der Waals surface area contributed by atoms with Crippen molar-refractivity contribution >= 4 is 16.9 Å². The molecule has 2 atom stereocenters. The molecule has 5 N–H and O–H groups in total. The number of phenolic OH excluding ortho intramolecular Hbond substituents is 1. The summed E-state index contributed by atoms with van der Waals surface area (Å²) < 4.78 is 5.86. The van der Waals surface area contributed by atoms with Crippen molar-refractivity contribution in [2.45, 2.75) is 88.8 Å². The molecule has 1 aliphatic heterocycles. The molecule has 1 unspecified atom stereocenters. The van der Waals surface area contributed by atoms with Crippen LogP contribution < -0.4 is 10.9 Å². The number of aromatic amines is 1. The van der Waals surface area contributed by atoms with E-state index >= 15 is 0 Å². The summed E-state index contributed by atoms with van der Waals surface area (Å²) in [6.45, 7) is 4.75. The van der Waals surface area contributed by atoms with E-state index in [1.807, 2.05) is 30.3 Å². The van der Waals surface area contributed by atoms with Crippen molar-refractivity contribution in [1.29, 1.82) is 0 Å². The van der Waals surface area contributed by atoms with Crippen molar-refractivity contribution in [2.24, 2.45) is 11.8 Å². The van der Waals surface area contributed by atoms with Gasteiger partial charge in [0.2, 0.25) is 5.56 Å². The second-order valence-electron chi connectivity index (χ2n) is 13.6. The van der Waals surface area contributed by atoms with Crippen LogP contribution in [0.4, 0.5) is 0 Å². The zero-order chi connectivity index (χ0) is 33.1. The maximum absolute atomic E-state index is 13.4. The van der Waals surface area contributed by atoms with E-state index in [0.717, 1.165) is 84.0 Å². The van der Waals surface area contributed by atoms with Crippen LogP contribution in [-0.4, -0.2) is 70.5 Å². The Morgan fingerprint density at radius 1 is 0.936 bits per heavy atom. The molecule has 2 aliphatic rings. The number of benzene rings is 2. The number of phenols is 1. The number of aliphatic hydroxyl groups excluding tert-OH is 1. The number of aromatic hydroxyl groups is 1. The van der Waals surface area contributed by atoms with Crippen molar-refractivity contribution in [2.75, 3.05) is 39.3 Å². The lowest BCUT2D eigenvalue weighted by molar-refractivity contribution is -0.177. The lowest BCUT2D eigenvalue weighted by Crippen LogP contribution is -2.46. The lowest BCUT2D eigenvalue weighted by atomic mass is 9.73. The van der Waals surface area contributed by atoms with Crippen LogP contribution >= 0.6 is 0 Å². The molecule has 0 amide bonds. The summed E-state index contributed by atoms with van der Waals surface area (Å²) in [5, 5.41) is 36.5. The van der Waals surface area contributed by atoms with Gasteiger partial charge in [0.25, 0.3) is 0 Å². The van der Waals surface area contributed by atoms with Crippen LogP contribution in [-0.2, 0) is 15.1 Å². The number of hydrogen-bond donors (Lipinski definition) is 5. The second-order valence-corrected chi connectivity index (χ2v) is 13.6. The largest absolute Gasteiger partial charge is 0.506 e.